The predicted molar refractivity (Wildman–Crippen MR) is 137 cm³/mol. The number of nitrogens with one attached hydrogen (secondary N) is 1. The summed E-state index contributed by atoms with van der Waals surface area (Å²) in [7, 11) is 1.73. The first-order valence-corrected chi connectivity index (χ1v) is 12.7. The quantitative estimate of drug-likeness (QED) is 0.677. The van der Waals surface area contributed by atoms with Crippen molar-refractivity contribution >= 4 is 17.7 Å². The van der Waals surface area contributed by atoms with Gasteiger partial charge in [0.05, 0.1) is 5.69 Å². The van der Waals surface area contributed by atoms with Crippen LogP contribution in [-0.2, 0) is 17.3 Å². The fourth-order valence-electron chi connectivity index (χ4n) is 5.00. The van der Waals surface area contributed by atoms with E-state index < -0.39 is 6.17 Å². The first-order valence-electron chi connectivity index (χ1n) is 12.7. The number of amides is 3. The molecular formula is C27H38N6O3. The van der Waals surface area contributed by atoms with Crippen LogP contribution in [0.15, 0.2) is 30.3 Å². The summed E-state index contributed by atoms with van der Waals surface area (Å²) in [6.07, 6.45) is 2.23. The maximum atomic E-state index is 13.7. The topological polar surface area (TPSA) is 114 Å². The molecule has 4 rings (SSSR count). The van der Waals surface area contributed by atoms with E-state index in [-0.39, 0.29) is 48.3 Å². The third-order valence-corrected chi connectivity index (χ3v) is 7.18. The number of benzene rings is 1. The van der Waals surface area contributed by atoms with Gasteiger partial charge in [-0.15, -0.1) is 0 Å². The molecule has 1 aliphatic heterocycles. The van der Waals surface area contributed by atoms with Crippen molar-refractivity contribution in [3.63, 3.8) is 0 Å². The predicted octanol–water partition coefficient (Wildman–Crippen LogP) is 2.34. The molecule has 3 N–H and O–H groups in total. The highest BCUT2D eigenvalue weighted by molar-refractivity contribution is 6.01. The van der Waals surface area contributed by atoms with E-state index in [1.807, 2.05) is 39.8 Å². The molecular weight excluding hydrogens is 456 g/mol. The lowest BCUT2D eigenvalue weighted by molar-refractivity contribution is -0.129. The first-order chi connectivity index (χ1) is 17.0. The van der Waals surface area contributed by atoms with Gasteiger partial charge in [-0.1, -0.05) is 38.5 Å². The lowest BCUT2D eigenvalue weighted by atomic mass is 9.92. The van der Waals surface area contributed by atoms with Crippen molar-refractivity contribution in [2.24, 2.45) is 12.8 Å². The van der Waals surface area contributed by atoms with E-state index >= 15 is 0 Å². The maximum Gasteiger partial charge on any atom is 0.274 e. The molecule has 9 nitrogen and oxygen atoms in total. The van der Waals surface area contributed by atoms with Crippen LogP contribution in [0.25, 0.3) is 0 Å². The van der Waals surface area contributed by atoms with Crippen LogP contribution in [0.2, 0.25) is 0 Å². The van der Waals surface area contributed by atoms with Crippen molar-refractivity contribution in [2.45, 2.75) is 77.0 Å². The highest BCUT2D eigenvalue weighted by Crippen LogP contribution is 2.26. The van der Waals surface area contributed by atoms with E-state index in [1.165, 1.54) is 9.80 Å². The van der Waals surface area contributed by atoms with Gasteiger partial charge in [0.15, 0.2) is 6.17 Å². The Morgan fingerprint density at radius 2 is 1.64 bits per heavy atom. The Morgan fingerprint density at radius 1 is 1.00 bits per heavy atom. The van der Waals surface area contributed by atoms with Gasteiger partial charge >= 0.3 is 0 Å². The molecule has 1 unspecified atom stereocenters. The number of carbonyl (C=O) groups excluding carboxylic acids is 3. The minimum Gasteiger partial charge on any atom is -0.350 e. The van der Waals surface area contributed by atoms with Gasteiger partial charge in [-0.25, -0.2) is 0 Å². The third-order valence-electron chi connectivity index (χ3n) is 7.18. The Bertz CT molecular complexity index is 1140. The highest BCUT2D eigenvalue weighted by Gasteiger charge is 2.44. The number of rotatable bonds is 4. The molecule has 1 aliphatic carbocycles. The fourth-order valence-corrected chi connectivity index (χ4v) is 5.00. The van der Waals surface area contributed by atoms with Gasteiger partial charge in [-0.2, -0.15) is 5.10 Å². The van der Waals surface area contributed by atoms with Gasteiger partial charge in [0.2, 0.25) is 0 Å². The fraction of sp³-hybridized carbons (Fsp3) is 0.556. The second-order valence-electron chi connectivity index (χ2n) is 11.1. The summed E-state index contributed by atoms with van der Waals surface area (Å²) >= 11 is 0. The lowest BCUT2D eigenvalue weighted by Gasteiger charge is -2.32. The monoisotopic (exact) mass is 494 g/mol. The molecule has 36 heavy (non-hydrogen) atoms. The maximum absolute atomic E-state index is 13.7. The minimum atomic E-state index is -1.03. The van der Waals surface area contributed by atoms with Gasteiger partial charge in [-0.3, -0.25) is 19.1 Å². The number of hydrogen-bond donors (Lipinski definition) is 2. The summed E-state index contributed by atoms with van der Waals surface area (Å²) in [4.78, 5) is 43.9. The standard InChI is InChI=1S/C27H38N6O3/c1-17-7-6-8-18(15-17)25(35)32-13-14-33(24(32)23(34)29-20-11-9-19(28)10-12-20)26(36)21-16-22(27(2,3)4)30-31(21)5/h6-8,15-16,19-20,24H,9-14,28H2,1-5H3,(H,29,34). The van der Waals surface area contributed by atoms with Gasteiger partial charge in [-0.05, 0) is 50.8 Å². The number of aromatic nitrogens is 2. The summed E-state index contributed by atoms with van der Waals surface area (Å²) in [5.74, 6) is -0.911. The number of hydrogen-bond acceptors (Lipinski definition) is 5. The zero-order valence-electron chi connectivity index (χ0n) is 22.0. The Labute approximate surface area is 213 Å². The summed E-state index contributed by atoms with van der Waals surface area (Å²) in [6, 6.07) is 9.22. The van der Waals surface area contributed by atoms with Crippen LogP contribution < -0.4 is 11.1 Å². The van der Waals surface area contributed by atoms with Crippen molar-refractivity contribution < 1.29 is 14.4 Å². The van der Waals surface area contributed by atoms with Crippen molar-refractivity contribution in [3.05, 3.63) is 52.8 Å². The van der Waals surface area contributed by atoms with Crippen LogP contribution in [0.4, 0.5) is 0 Å². The van der Waals surface area contributed by atoms with Crippen molar-refractivity contribution in [1.82, 2.24) is 24.9 Å². The summed E-state index contributed by atoms with van der Waals surface area (Å²) in [5, 5.41) is 7.64. The van der Waals surface area contributed by atoms with Crippen molar-refractivity contribution in [2.75, 3.05) is 13.1 Å². The zero-order valence-corrected chi connectivity index (χ0v) is 22.0. The van der Waals surface area contributed by atoms with Gasteiger partial charge in [0.25, 0.3) is 17.7 Å². The van der Waals surface area contributed by atoms with E-state index in [0.29, 0.717) is 11.3 Å². The van der Waals surface area contributed by atoms with Crippen molar-refractivity contribution in [1.29, 1.82) is 0 Å². The van der Waals surface area contributed by atoms with Gasteiger partial charge < -0.3 is 20.9 Å². The molecule has 0 spiro atoms. The molecule has 2 aliphatic rings. The third kappa shape index (κ3) is 5.31. The second-order valence-corrected chi connectivity index (χ2v) is 11.1. The average Bonchev–Trinajstić information content (AvgIpc) is 3.44. The zero-order chi connectivity index (χ0) is 26.2. The SMILES string of the molecule is Cc1cccc(C(=O)N2CCN(C(=O)c3cc(C(C)(C)C)nn3C)C2C(=O)NC2CCC(N)CC2)c1. The Morgan fingerprint density at radius 3 is 2.22 bits per heavy atom. The van der Waals surface area contributed by atoms with Crippen LogP contribution in [0, 0.1) is 6.92 Å². The number of carbonyl (C=O) groups is 3. The molecule has 0 radical (unpaired) electrons. The number of aryl methyl sites for hydroxylation is 2. The molecule has 2 aromatic rings. The molecule has 194 valence electrons. The van der Waals surface area contributed by atoms with Crippen molar-refractivity contribution in [3.8, 4) is 0 Å². The van der Waals surface area contributed by atoms with Crippen LogP contribution in [0.1, 0.15) is 78.6 Å². The molecule has 1 saturated heterocycles. The first kappa shape index (κ1) is 25.9. The van der Waals surface area contributed by atoms with Crippen LogP contribution in [0.3, 0.4) is 0 Å². The van der Waals surface area contributed by atoms with Gasteiger partial charge in [0, 0.05) is 43.2 Å². The summed E-state index contributed by atoms with van der Waals surface area (Å²) in [5.41, 5.74) is 8.45. The molecule has 0 bridgehead atoms. The minimum absolute atomic E-state index is 0.0185. The van der Waals surface area contributed by atoms with E-state index in [9.17, 15) is 14.4 Å². The normalized spacial score (nSPS) is 22.6. The van der Waals surface area contributed by atoms with Crippen LogP contribution in [0.5, 0.6) is 0 Å². The number of nitrogens with zero attached hydrogens (tertiary/aromatic N) is 4. The van der Waals surface area contributed by atoms with E-state index in [4.69, 9.17) is 5.73 Å². The average molecular weight is 495 g/mol. The molecule has 3 amide bonds. The molecule has 1 saturated carbocycles. The second kappa shape index (κ2) is 10.0. The highest BCUT2D eigenvalue weighted by atomic mass is 16.2. The molecule has 1 aromatic heterocycles. The number of nitrogens with two attached hydrogens (primary N) is 1. The van der Waals surface area contributed by atoms with E-state index in [1.54, 1.807) is 29.9 Å². The van der Waals surface area contributed by atoms with Crippen LogP contribution >= 0.6 is 0 Å². The molecule has 2 heterocycles. The molecule has 2 fully saturated rings. The summed E-state index contributed by atoms with van der Waals surface area (Å²) in [6.45, 7) is 8.57. The van der Waals surface area contributed by atoms with Gasteiger partial charge in [0.1, 0.15) is 5.69 Å². The molecule has 1 aromatic carbocycles. The molecule has 1 atom stereocenters. The Balaban J connectivity index is 1.63. The lowest BCUT2D eigenvalue weighted by Crippen LogP contribution is -2.56. The molecule has 9 heteroatoms. The summed E-state index contributed by atoms with van der Waals surface area (Å²) < 4.78 is 1.56. The Hall–Kier alpha value is -3.20. The smallest absolute Gasteiger partial charge is 0.274 e. The van der Waals surface area contributed by atoms with E-state index in [2.05, 4.69) is 10.4 Å². The van der Waals surface area contributed by atoms with E-state index in [0.717, 1.165) is 36.9 Å². The Kier molecular flexibility index (Phi) is 7.22. The largest absolute Gasteiger partial charge is 0.350 e. The van der Waals surface area contributed by atoms with Crippen LogP contribution in [-0.4, -0.2) is 68.6 Å².